The lowest BCUT2D eigenvalue weighted by molar-refractivity contribution is 0.0574. The quantitative estimate of drug-likeness (QED) is 0.460. The summed E-state index contributed by atoms with van der Waals surface area (Å²) in [6, 6.07) is 0. The zero-order valence-corrected chi connectivity index (χ0v) is 2.99. The van der Waals surface area contributed by atoms with Crippen LogP contribution in [0, 0.1) is 0 Å². The Balaban J connectivity index is 2.41. The minimum Gasteiger partial charge on any atom is -0.387 e. The van der Waals surface area contributed by atoms with E-state index in [2.05, 4.69) is 0 Å². The number of hydrogen-bond donors (Lipinski definition) is 1. The molecule has 1 nitrogen and oxygen atoms in total. The fraction of sp³-hybridized carbons (Fsp3) is 1.00. The SMILES string of the molecule is OC1CC1(F)F. The second-order valence-corrected chi connectivity index (χ2v) is 1.48. The van der Waals surface area contributed by atoms with Gasteiger partial charge in [-0.25, -0.2) is 8.78 Å². The minimum atomic E-state index is -2.74. The van der Waals surface area contributed by atoms with Gasteiger partial charge in [0.1, 0.15) is 6.10 Å². The Morgan fingerprint density at radius 3 is 1.83 bits per heavy atom. The van der Waals surface area contributed by atoms with E-state index in [-0.39, 0.29) is 6.42 Å². The van der Waals surface area contributed by atoms with Gasteiger partial charge in [-0.15, -0.1) is 0 Å². The highest BCUT2D eigenvalue weighted by atomic mass is 19.3. The van der Waals surface area contributed by atoms with Crippen molar-refractivity contribution < 1.29 is 13.9 Å². The Labute approximate surface area is 33.6 Å². The monoisotopic (exact) mass is 94.0 g/mol. The van der Waals surface area contributed by atoms with Crippen LogP contribution in [0.4, 0.5) is 8.78 Å². The summed E-state index contributed by atoms with van der Waals surface area (Å²) >= 11 is 0. The first-order valence-electron chi connectivity index (χ1n) is 1.69. The van der Waals surface area contributed by atoms with Gasteiger partial charge in [0.05, 0.1) is 0 Å². The maximum absolute atomic E-state index is 11.3. The predicted octanol–water partition coefficient (Wildman–Crippen LogP) is 0.386. The Kier molecular flexibility index (Phi) is 0.485. The van der Waals surface area contributed by atoms with Crippen LogP contribution in [0.25, 0.3) is 0 Å². The molecule has 1 N–H and O–H groups in total. The fourth-order valence-corrected chi connectivity index (χ4v) is 0.199. The molecule has 0 aliphatic heterocycles. The lowest BCUT2D eigenvalue weighted by Crippen LogP contribution is -1.94. The molecule has 0 aromatic heterocycles. The standard InChI is InChI=1S/C3H4F2O/c4-3(5)1-2(3)6/h2,6H,1H2. The van der Waals surface area contributed by atoms with Gasteiger partial charge in [-0.05, 0) is 0 Å². The lowest BCUT2D eigenvalue weighted by Gasteiger charge is -1.81. The average molecular weight is 94.1 g/mol. The normalized spacial score (nSPS) is 39.5. The molecule has 1 unspecified atom stereocenters. The number of rotatable bonds is 0. The molecule has 1 aliphatic rings. The van der Waals surface area contributed by atoms with Crippen LogP contribution in [0.1, 0.15) is 6.42 Å². The summed E-state index contributed by atoms with van der Waals surface area (Å²) in [5.74, 6) is -2.74. The van der Waals surface area contributed by atoms with Crippen molar-refractivity contribution in [3.8, 4) is 0 Å². The Morgan fingerprint density at radius 1 is 1.67 bits per heavy atom. The first-order valence-corrected chi connectivity index (χ1v) is 1.69. The van der Waals surface area contributed by atoms with E-state index in [0.717, 1.165) is 0 Å². The van der Waals surface area contributed by atoms with Crippen LogP contribution < -0.4 is 0 Å². The van der Waals surface area contributed by atoms with Crippen LogP contribution in [0.15, 0.2) is 0 Å². The lowest BCUT2D eigenvalue weighted by atomic mass is 10.8. The molecule has 1 atom stereocenters. The van der Waals surface area contributed by atoms with E-state index in [0.29, 0.717) is 0 Å². The molecule has 1 fully saturated rings. The molecule has 0 spiro atoms. The molecule has 6 heavy (non-hydrogen) atoms. The highest BCUT2D eigenvalue weighted by Crippen LogP contribution is 2.41. The number of aliphatic hydroxyl groups is 1. The molecule has 0 saturated heterocycles. The minimum absolute atomic E-state index is 0.340. The first kappa shape index (κ1) is 3.99. The molecule has 0 bridgehead atoms. The second-order valence-electron chi connectivity index (χ2n) is 1.48. The van der Waals surface area contributed by atoms with E-state index in [4.69, 9.17) is 5.11 Å². The van der Waals surface area contributed by atoms with Crippen LogP contribution in [-0.4, -0.2) is 17.1 Å². The van der Waals surface area contributed by atoms with Crippen LogP contribution in [0.2, 0.25) is 0 Å². The third kappa shape index (κ3) is 0.391. The van der Waals surface area contributed by atoms with Crippen molar-refractivity contribution in [2.75, 3.05) is 0 Å². The molecule has 0 radical (unpaired) electrons. The summed E-state index contributed by atoms with van der Waals surface area (Å²) in [5.41, 5.74) is 0. The third-order valence-electron chi connectivity index (χ3n) is 0.793. The Bertz CT molecular complexity index is 71.2. The Hall–Kier alpha value is -0.180. The van der Waals surface area contributed by atoms with Gasteiger partial charge in [0, 0.05) is 6.42 Å². The van der Waals surface area contributed by atoms with Crippen LogP contribution in [-0.2, 0) is 0 Å². The zero-order valence-electron chi connectivity index (χ0n) is 2.99. The van der Waals surface area contributed by atoms with Crippen molar-refractivity contribution >= 4 is 0 Å². The first-order chi connectivity index (χ1) is 2.63. The molecule has 0 heterocycles. The molecule has 0 aromatic carbocycles. The zero-order chi connectivity index (χ0) is 4.78. The number of halogens is 2. The summed E-state index contributed by atoms with van der Waals surface area (Å²) in [6.07, 6.45) is -1.68. The van der Waals surface area contributed by atoms with Gasteiger partial charge in [-0.2, -0.15) is 0 Å². The number of alkyl halides is 2. The summed E-state index contributed by atoms with van der Waals surface area (Å²) in [4.78, 5) is 0. The van der Waals surface area contributed by atoms with E-state index in [1.807, 2.05) is 0 Å². The number of aliphatic hydroxyl groups excluding tert-OH is 1. The van der Waals surface area contributed by atoms with Gasteiger partial charge in [-0.1, -0.05) is 0 Å². The number of hydrogen-bond acceptors (Lipinski definition) is 1. The maximum Gasteiger partial charge on any atom is 0.276 e. The summed E-state index contributed by atoms with van der Waals surface area (Å²) < 4.78 is 22.6. The summed E-state index contributed by atoms with van der Waals surface area (Å²) in [7, 11) is 0. The summed E-state index contributed by atoms with van der Waals surface area (Å²) in [5, 5.41) is 7.94. The van der Waals surface area contributed by atoms with Crippen molar-refractivity contribution in [3.05, 3.63) is 0 Å². The van der Waals surface area contributed by atoms with Gasteiger partial charge in [-0.3, -0.25) is 0 Å². The van der Waals surface area contributed by atoms with E-state index in [1.54, 1.807) is 0 Å². The molecule has 1 aliphatic carbocycles. The Morgan fingerprint density at radius 2 is 1.83 bits per heavy atom. The van der Waals surface area contributed by atoms with Gasteiger partial charge in [0.15, 0.2) is 0 Å². The molecule has 36 valence electrons. The van der Waals surface area contributed by atoms with Crippen molar-refractivity contribution in [3.63, 3.8) is 0 Å². The van der Waals surface area contributed by atoms with Crippen LogP contribution in [0.5, 0.6) is 0 Å². The second kappa shape index (κ2) is 0.729. The fourth-order valence-electron chi connectivity index (χ4n) is 0.199. The van der Waals surface area contributed by atoms with Crippen molar-refractivity contribution in [1.82, 2.24) is 0 Å². The van der Waals surface area contributed by atoms with Crippen molar-refractivity contribution in [2.45, 2.75) is 18.4 Å². The molecule has 0 aromatic rings. The molecule has 1 rings (SSSR count). The topological polar surface area (TPSA) is 20.2 Å². The molecule has 0 amide bonds. The third-order valence-corrected chi connectivity index (χ3v) is 0.793. The van der Waals surface area contributed by atoms with Gasteiger partial charge >= 0.3 is 0 Å². The van der Waals surface area contributed by atoms with Crippen LogP contribution in [0.3, 0.4) is 0 Å². The molecular formula is C3H4F2O. The van der Waals surface area contributed by atoms with Gasteiger partial charge < -0.3 is 5.11 Å². The van der Waals surface area contributed by atoms with Gasteiger partial charge in [0.2, 0.25) is 0 Å². The molecule has 3 heteroatoms. The molecule has 1 saturated carbocycles. The van der Waals surface area contributed by atoms with Crippen molar-refractivity contribution in [1.29, 1.82) is 0 Å². The maximum atomic E-state index is 11.3. The highest BCUT2D eigenvalue weighted by Gasteiger charge is 2.56. The van der Waals surface area contributed by atoms with Crippen molar-refractivity contribution in [2.24, 2.45) is 0 Å². The summed E-state index contributed by atoms with van der Waals surface area (Å²) in [6.45, 7) is 0. The van der Waals surface area contributed by atoms with E-state index in [1.165, 1.54) is 0 Å². The molecular weight excluding hydrogens is 90.0 g/mol. The van der Waals surface area contributed by atoms with E-state index in [9.17, 15) is 8.78 Å². The van der Waals surface area contributed by atoms with E-state index >= 15 is 0 Å². The van der Waals surface area contributed by atoms with E-state index < -0.39 is 12.0 Å². The average Bonchev–Trinajstić information content (AvgIpc) is 1.73. The predicted molar refractivity (Wildman–Crippen MR) is 15.6 cm³/mol. The van der Waals surface area contributed by atoms with Gasteiger partial charge in [0.25, 0.3) is 5.92 Å². The largest absolute Gasteiger partial charge is 0.387 e. The highest BCUT2D eigenvalue weighted by molar-refractivity contribution is 4.94. The smallest absolute Gasteiger partial charge is 0.276 e. The van der Waals surface area contributed by atoms with Crippen LogP contribution >= 0.6 is 0 Å².